The Morgan fingerprint density at radius 2 is 1.87 bits per heavy atom. The van der Waals surface area contributed by atoms with Gasteiger partial charge in [0.05, 0.1) is 16.8 Å². The Morgan fingerprint density at radius 1 is 1.10 bits per heavy atom. The number of pyridine rings is 1. The molecule has 2 aromatic carbocycles. The molecule has 3 amide bonds. The number of hydrogen-bond donors (Lipinski definition) is 2. The molecule has 4 rings (SSSR count). The molecule has 1 saturated heterocycles. The van der Waals surface area contributed by atoms with Gasteiger partial charge in [-0.05, 0) is 24.3 Å². The number of nitrogens with one attached hydrogen (secondary N) is 2. The molecule has 3 aromatic rings. The first-order chi connectivity index (χ1) is 14.5. The SMILES string of the molecule is O=C(CN1CCSC1=O)NNC(=O)c1cc(-c2ccc(Cl)cc2)nc2ccccc12. The Labute approximate surface area is 181 Å². The van der Waals surface area contributed by atoms with E-state index >= 15 is 0 Å². The number of carbonyl (C=O) groups is 3. The molecule has 0 saturated carbocycles. The topological polar surface area (TPSA) is 91.4 Å². The first-order valence-electron chi connectivity index (χ1n) is 9.18. The Kier molecular flexibility index (Phi) is 5.87. The first-order valence-corrected chi connectivity index (χ1v) is 10.5. The fourth-order valence-corrected chi connectivity index (χ4v) is 4.06. The molecule has 0 atom stereocenters. The lowest BCUT2D eigenvalue weighted by atomic mass is 10.0. The van der Waals surface area contributed by atoms with Crippen LogP contribution >= 0.6 is 23.4 Å². The van der Waals surface area contributed by atoms with Gasteiger partial charge in [0.1, 0.15) is 6.54 Å². The second kappa shape index (κ2) is 8.73. The zero-order valence-electron chi connectivity index (χ0n) is 15.7. The fraction of sp³-hybridized carbons (Fsp3) is 0.143. The summed E-state index contributed by atoms with van der Waals surface area (Å²) in [6, 6.07) is 16.1. The lowest BCUT2D eigenvalue weighted by Crippen LogP contribution is -2.46. The minimum atomic E-state index is -0.473. The lowest BCUT2D eigenvalue weighted by molar-refractivity contribution is -0.122. The Hall–Kier alpha value is -3.10. The van der Waals surface area contributed by atoms with Crippen LogP contribution in [0.25, 0.3) is 22.2 Å². The zero-order chi connectivity index (χ0) is 21.1. The summed E-state index contributed by atoms with van der Waals surface area (Å²) in [6.45, 7) is 0.420. The van der Waals surface area contributed by atoms with Crippen LogP contribution in [0.15, 0.2) is 54.6 Å². The van der Waals surface area contributed by atoms with Crippen LogP contribution in [-0.4, -0.2) is 45.8 Å². The smallest absolute Gasteiger partial charge is 0.282 e. The minimum absolute atomic E-state index is 0.0980. The van der Waals surface area contributed by atoms with Gasteiger partial charge in [0, 0.05) is 28.3 Å². The summed E-state index contributed by atoms with van der Waals surface area (Å²) in [6.07, 6.45) is 0. The number of halogens is 1. The van der Waals surface area contributed by atoms with Crippen molar-refractivity contribution in [2.45, 2.75) is 0 Å². The zero-order valence-corrected chi connectivity index (χ0v) is 17.3. The van der Waals surface area contributed by atoms with E-state index in [1.165, 1.54) is 16.7 Å². The van der Waals surface area contributed by atoms with Crippen molar-refractivity contribution in [3.05, 3.63) is 65.2 Å². The third-order valence-corrected chi connectivity index (χ3v) is 5.74. The number of benzene rings is 2. The molecule has 9 heteroatoms. The third-order valence-electron chi connectivity index (χ3n) is 4.60. The van der Waals surface area contributed by atoms with Gasteiger partial charge in [0.2, 0.25) is 0 Å². The molecule has 1 fully saturated rings. The van der Waals surface area contributed by atoms with Crippen LogP contribution in [0.2, 0.25) is 5.02 Å². The monoisotopic (exact) mass is 440 g/mol. The molecule has 0 unspecified atom stereocenters. The quantitative estimate of drug-likeness (QED) is 0.606. The molecule has 0 aliphatic carbocycles. The van der Waals surface area contributed by atoms with Crippen molar-refractivity contribution in [2.75, 3.05) is 18.8 Å². The van der Waals surface area contributed by atoms with E-state index in [4.69, 9.17) is 11.6 Å². The molecule has 152 valence electrons. The molecule has 0 spiro atoms. The predicted molar refractivity (Wildman–Crippen MR) is 117 cm³/mol. The summed E-state index contributed by atoms with van der Waals surface area (Å²) in [5, 5.41) is 1.13. The van der Waals surface area contributed by atoms with E-state index < -0.39 is 11.8 Å². The van der Waals surface area contributed by atoms with E-state index in [0.29, 0.717) is 39.5 Å². The molecular weight excluding hydrogens is 424 g/mol. The van der Waals surface area contributed by atoms with E-state index in [1.807, 2.05) is 30.3 Å². The highest BCUT2D eigenvalue weighted by atomic mass is 35.5. The lowest BCUT2D eigenvalue weighted by Gasteiger charge is -2.15. The summed E-state index contributed by atoms with van der Waals surface area (Å²) in [5.74, 6) is -0.274. The van der Waals surface area contributed by atoms with E-state index in [0.717, 1.165) is 5.56 Å². The van der Waals surface area contributed by atoms with Gasteiger partial charge in [-0.25, -0.2) is 4.98 Å². The molecule has 30 heavy (non-hydrogen) atoms. The van der Waals surface area contributed by atoms with Crippen molar-refractivity contribution >= 4 is 51.3 Å². The van der Waals surface area contributed by atoms with Crippen LogP contribution in [0.1, 0.15) is 10.4 Å². The van der Waals surface area contributed by atoms with Crippen LogP contribution in [0.4, 0.5) is 4.79 Å². The maximum absolute atomic E-state index is 12.8. The number of hydrogen-bond acceptors (Lipinski definition) is 5. The average molecular weight is 441 g/mol. The van der Waals surface area contributed by atoms with Gasteiger partial charge >= 0.3 is 0 Å². The Bertz CT molecular complexity index is 1140. The van der Waals surface area contributed by atoms with Crippen LogP contribution in [0.3, 0.4) is 0 Å². The molecule has 0 bridgehead atoms. The van der Waals surface area contributed by atoms with E-state index in [-0.39, 0.29) is 11.8 Å². The molecule has 1 aromatic heterocycles. The van der Waals surface area contributed by atoms with Gasteiger partial charge in [-0.1, -0.05) is 53.7 Å². The molecule has 2 N–H and O–H groups in total. The fourth-order valence-electron chi connectivity index (χ4n) is 3.11. The molecular formula is C21H17ClN4O3S. The standard InChI is InChI=1S/C21H17ClN4O3S/c22-14-7-5-13(6-8-14)18-11-16(15-3-1-2-4-17(15)23-18)20(28)25-24-19(27)12-26-9-10-30-21(26)29/h1-8,11H,9-10,12H2,(H,24,27)(H,25,28). The highest BCUT2D eigenvalue weighted by Gasteiger charge is 2.23. The normalized spacial score (nSPS) is 13.5. The van der Waals surface area contributed by atoms with E-state index in [9.17, 15) is 14.4 Å². The van der Waals surface area contributed by atoms with Crippen molar-refractivity contribution in [3.63, 3.8) is 0 Å². The number of fused-ring (bicyclic) bond motifs is 1. The number of amides is 3. The van der Waals surface area contributed by atoms with E-state index in [1.54, 1.807) is 24.3 Å². The number of aromatic nitrogens is 1. The highest BCUT2D eigenvalue weighted by molar-refractivity contribution is 8.13. The van der Waals surface area contributed by atoms with Gasteiger partial charge in [0.15, 0.2) is 0 Å². The maximum atomic E-state index is 12.8. The first kappa shape index (κ1) is 20.2. The van der Waals surface area contributed by atoms with Crippen LogP contribution in [-0.2, 0) is 4.79 Å². The number of nitrogens with zero attached hydrogens (tertiary/aromatic N) is 2. The number of thioether (sulfide) groups is 1. The van der Waals surface area contributed by atoms with Gasteiger partial charge in [0.25, 0.3) is 17.1 Å². The van der Waals surface area contributed by atoms with Crippen molar-refractivity contribution < 1.29 is 14.4 Å². The second-order valence-electron chi connectivity index (χ2n) is 6.62. The average Bonchev–Trinajstić information content (AvgIpc) is 3.16. The summed E-state index contributed by atoms with van der Waals surface area (Å²) in [7, 11) is 0. The molecule has 1 aliphatic heterocycles. The number of rotatable bonds is 4. The summed E-state index contributed by atoms with van der Waals surface area (Å²) < 4.78 is 0. The molecule has 1 aliphatic rings. The molecule has 7 nitrogen and oxygen atoms in total. The van der Waals surface area contributed by atoms with Gasteiger partial charge in [-0.15, -0.1) is 0 Å². The van der Waals surface area contributed by atoms with Crippen molar-refractivity contribution in [1.29, 1.82) is 0 Å². The second-order valence-corrected chi connectivity index (χ2v) is 8.10. The van der Waals surface area contributed by atoms with Crippen molar-refractivity contribution in [1.82, 2.24) is 20.7 Å². The Morgan fingerprint density at radius 3 is 2.60 bits per heavy atom. The molecule has 0 radical (unpaired) electrons. The van der Waals surface area contributed by atoms with Crippen molar-refractivity contribution in [3.8, 4) is 11.3 Å². The largest absolute Gasteiger partial charge is 0.323 e. The van der Waals surface area contributed by atoms with Crippen LogP contribution < -0.4 is 10.9 Å². The van der Waals surface area contributed by atoms with Gasteiger partial charge < -0.3 is 4.90 Å². The van der Waals surface area contributed by atoms with Crippen molar-refractivity contribution in [2.24, 2.45) is 0 Å². The summed E-state index contributed by atoms with van der Waals surface area (Å²) in [4.78, 5) is 42.6. The number of carbonyl (C=O) groups excluding carboxylic acids is 3. The third kappa shape index (κ3) is 4.39. The number of para-hydroxylation sites is 1. The summed E-state index contributed by atoms with van der Waals surface area (Å²) >= 11 is 7.14. The van der Waals surface area contributed by atoms with E-state index in [2.05, 4.69) is 15.8 Å². The van der Waals surface area contributed by atoms with Gasteiger partial charge in [-0.3, -0.25) is 25.2 Å². The molecule has 2 heterocycles. The Balaban J connectivity index is 1.56. The predicted octanol–water partition coefficient (Wildman–Crippen LogP) is 3.49. The van der Waals surface area contributed by atoms with Crippen LogP contribution in [0.5, 0.6) is 0 Å². The number of hydrazine groups is 1. The van der Waals surface area contributed by atoms with Crippen LogP contribution in [0, 0.1) is 0 Å². The maximum Gasteiger partial charge on any atom is 0.282 e. The summed E-state index contributed by atoms with van der Waals surface area (Å²) in [5.41, 5.74) is 7.27. The highest BCUT2D eigenvalue weighted by Crippen LogP contribution is 2.26. The minimum Gasteiger partial charge on any atom is -0.323 e. The van der Waals surface area contributed by atoms with Gasteiger partial charge in [-0.2, -0.15) is 0 Å².